The van der Waals surface area contributed by atoms with E-state index in [2.05, 4.69) is 45.7 Å². The highest BCUT2D eigenvalue weighted by atomic mass is 32.2. The zero-order chi connectivity index (χ0) is 22.5. The van der Waals surface area contributed by atoms with Crippen LogP contribution in [0.2, 0.25) is 0 Å². The summed E-state index contributed by atoms with van der Waals surface area (Å²) in [5, 5.41) is 18.4. The summed E-state index contributed by atoms with van der Waals surface area (Å²) in [4.78, 5) is 16.9. The fourth-order valence-electron chi connectivity index (χ4n) is 2.93. The maximum absolute atomic E-state index is 12.3. The third kappa shape index (κ3) is 5.93. The molecule has 0 unspecified atom stereocenters. The first-order chi connectivity index (χ1) is 15.5. The number of benzene rings is 2. The van der Waals surface area contributed by atoms with Gasteiger partial charge in [-0.1, -0.05) is 52.9 Å². The van der Waals surface area contributed by atoms with E-state index in [9.17, 15) is 4.79 Å². The van der Waals surface area contributed by atoms with Gasteiger partial charge in [0.25, 0.3) is 0 Å². The van der Waals surface area contributed by atoms with Crippen LogP contribution in [0.5, 0.6) is 0 Å². The van der Waals surface area contributed by atoms with Crippen molar-refractivity contribution < 1.29 is 4.79 Å². The fourth-order valence-corrected chi connectivity index (χ4v) is 5.49. The minimum absolute atomic E-state index is 0.0614. The molecule has 0 bridgehead atoms. The molecule has 9 heteroatoms. The van der Waals surface area contributed by atoms with Crippen LogP contribution >= 0.6 is 34.4 Å². The van der Waals surface area contributed by atoms with Crippen LogP contribution in [0.1, 0.15) is 27.4 Å². The van der Waals surface area contributed by atoms with E-state index in [1.807, 2.05) is 48.7 Å². The van der Waals surface area contributed by atoms with E-state index < -0.39 is 0 Å². The van der Waals surface area contributed by atoms with Crippen molar-refractivity contribution in [3.63, 3.8) is 0 Å². The van der Waals surface area contributed by atoms with E-state index in [0.29, 0.717) is 5.75 Å². The molecule has 0 aliphatic carbocycles. The number of aromatic nitrogens is 3. The van der Waals surface area contributed by atoms with Gasteiger partial charge in [0, 0.05) is 22.5 Å². The molecular weight excluding hydrogens is 458 g/mol. The van der Waals surface area contributed by atoms with Crippen LogP contribution in [0.3, 0.4) is 0 Å². The van der Waals surface area contributed by atoms with Gasteiger partial charge in [0.1, 0.15) is 5.01 Å². The zero-order valence-electron chi connectivity index (χ0n) is 18.0. The number of carbonyl (C=O) groups is 1. The molecule has 0 atom stereocenters. The molecule has 0 aliphatic rings. The first-order valence-electron chi connectivity index (χ1n) is 10.1. The Kier molecular flexibility index (Phi) is 7.19. The van der Waals surface area contributed by atoms with Gasteiger partial charge in [-0.25, -0.2) is 4.98 Å². The van der Waals surface area contributed by atoms with Gasteiger partial charge in [-0.15, -0.1) is 21.5 Å². The molecule has 164 valence electrons. The molecule has 0 radical (unpaired) electrons. The van der Waals surface area contributed by atoms with E-state index in [4.69, 9.17) is 0 Å². The van der Waals surface area contributed by atoms with Crippen LogP contribution in [0.25, 0.3) is 0 Å². The topological polar surface area (TPSA) is 79.8 Å². The number of thiazole rings is 1. The number of carbonyl (C=O) groups excluding carboxylic acids is 1. The third-order valence-corrected chi connectivity index (χ3v) is 7.75. The molecule has 2 aromatic heterocycles. The minimum atomic E-state index is -0.0614. The average Bonchev–Trinajstić information content (AvgIpc) is 3.41. The van der Waals surface area contributed by atoms with Crippen LogP contribution < -0.4 is 10.6 Å². The minimum Gasteiger partial charge on any atom is -0.330 e. The van der Waals surface area contributed by atoms with Crippen molar-refractivity contribution in [2.75, 3.05) is 10.6 Å². The van der Waals surface area contributed by atoms with Crippen molar-refractivity contribution in [2.45, 2.75) is 37.3 Å². The van der Waals surface area contributed by atoms with Crippen molar-refractivity contribution in [3.8, 4) is 0 Å². The summed E-state index contributed by atoms with van der Waals surface area (Å²) in [6, 6.07) is 13.9. The van der Waals surface area contributed by atoms with Crippen LogP contribution in [0.4, 0.5) is 16.5 Å². The average molecular weight is 482 g/mol. The molecule has 0 saturated carbocycles. The predicted octanol–water partition coefficient (Wildman–Crippen LogP) is 6.14. The van der Waals surface area contributed by atoms with Gasteiger partial charge in [0.15, 0.2) is 4.34 Å². The lowest BCUT2D eigenvalue weighted by Crippen LogP contribution is -2.14. The number of amides is 1. The van der Waals surface area contributed by atoms with Crippen molar-refractivity contribution >= 4 is 56.8 Å². The van der Waals surface area contributed by atoms with Crippen molar-refractivity contribution in [3.05, 3.63) is 75.2 Å². The Labute approximate surface area is 199 Å². The molecule has 4 rings (SSSR count). The maximum atomic E-state index is 12.3. The first kappa shape index (κ1) is 22.4. The molecule has 2 N–H and O–H groups in total. The predicted molar refractivity (Wildman–Crippen MR) is 134 cm³/mol. The molecule has 4 aromatic rings. The Morgan fingerprint density at radius 1 is 1.06 bits per heavy atom. The Bertz CT molecular complexity index is 1220. The SMILES string of the molecule is Cc1ccc(NC(=O)Cc2nc(CSc3nnc(Nc4cccc(C)c4C)s3)cs2)cc1. The Morgan fingerprint density at radius 3 is 2.69 bits per heavy atom. The fraction of sp³-hybridized carbons (Fsp3) is 0.217. The molecule has 32 heavy (non-hydrogen) atoms. The number of nitrogens with one attached hydrogen (secondary N) is 2. The molecule has 0 aliphatic heterocycles. The van der Waals surface area contributed by atoms with Crippen LogP contribution in [-0.4, -0.2) is 21.1 Å². The highest BCUT2D eigenvalue weighted by Gasteiger charge is 2.11. The second-order valence-corrected chi connectivity index (χ2v) is 10.5. The molecule has 6 nitrogen and oxygen atoms in total. The van der Waals surface area contributed by atoms with Gasteiger partial charge >= 0.3 is 0 Å². The third-order valence-electron chi connectivity index (χ3n) is 4.84. The molecule has 0 fully saturated rings. The van der Waals surface area contributed by atoms with E-state index in [1.165, 1.54) is 33.8 Å². The Morgan fingerprint density at radius 2 is 1.88 bits per heavy atom. The number of anilines is 3. The van der Waals surface area contributed by atoms with E-state index in [1.54, 1.807) is 11.8 Å². The van der Waals surface area contributed by atoms with E-state index in [-0.39, 0.29) is 12.3 Å². The summed E-state index contributed by atoms with van der Waals surface area (Å²) >= 11 is 4.62. The number of rotatable bonds is 8. The molecular formula is C23H23N5OS3. The Hall–Kier alpha value is -2.75. The standard InChI is InChI=1S/C23H23N5OS3/c1-14-7-9-17(10-8-14)24-20(29)11-21-25-18(12-30-21)13-31-23-28-27-22(32-23)26-19-6-4-5-15(2)16(19)3/h4-10,12H,11,13H2,1-3H3,(H,24,29)(H,26,27). The number of nitrogens with zero attached hydrogens (tertiary/aromatic N) is 3. The lowest BCUT2D eigenvalue weighted by atomic mass is 10.1. The summed E-state index contributed by atoms with van der Waals surface area (Å²) in [6.45, 7) is 6.20. The Balaban J connectivity index is 1.28. The van der Waals surface area contributed by atoms with Gasteiger partial charge in [-0.05, 0) is 50.1 Å². The number of thioether (sulfide) groups is 1. The van der Waals surface area contributed by atoms with Gasteiger partial charge in [-0.3, -0.25) is 4.79 Å². The summed E-state index contributed by atoms with van der Waals surface area (Å²) in [5.74, 6) is 0.627. The summed E-state index contributed by atoms with van der Waals surface area (Å²) in [5.41, 5.74) is 6.39. The quantitative estimate of drug-likeness (QED) is 0.294. The van der Waals surface area contributed by atoms with E-state index >= 15 is 0 Å². The monoisotopic (exact) mass is 481 g/mol. The molecule has 2 heterocycles. The summed E-state index contributed by atoms with van der Waals surface area (Å²) in [6.07, 6.45) is 0.270. The van der Waals surface area contributed by atoms with Gasteiger partial charge in [-0.2, -0.15) is 0 Å². The van der Waals surface area contributed by atoms with Gasteiger partial charge in [0.05, 0.1) is 12.1 Å². The van der Waals surface area contributed by atoms with Gasteiger partial charge < -0.3 is 10.6 Å². The molecule has 1 amide bonds. The normalized spacial score (nSPS) is 10.8. The van der Waals surface area contributed by atoms with Gasteiger partial charge in [0.2, 0.25) is 11.0 Å². The van der Waals surface area contributed by atoms with Crippen LogP contribution in [-0.2, 0) is 17.0 Å². The highest BCUT2D eigenvalue weighted by molar-refractivity contribution is 8.00. The molecule has 2 aromatic carbocycles. The lowest BCUT2D eigenvalue weighted by molar-refractivity contribution is -0.115. The van der Waals surface area contributed by atoms with Crippen LogP contribution in [0, 0.1) is 20.8 Å². The lowest BCUT2D eigenvalue weighted by Gasteiger charge is -2.08. The summed E-state index contributed by atoms with van der Waals surface area (Å²) < 4.78 is 0.879. The zero-order valence-corrected chi connectivity index (χ0v) is 20.5. The molecule has 0 spiro atoms. The number of hydrogen-bond donors (Lipinski definition) is 2. The van der Waals surface area contributed by atoms with Crippen molar-refractivity contribution in [1.82, 2.24) is 15.2 Å². The largest absolute Gasteiger partial charge is 0.330 e. The maximum Gasteiger partial charge on any atom is 0.231 e. The summed E-state index contributed by atoms with van der Waals surface area (Å²) in [7, 11) is 0. The second kappa shape index (κ2) is 10.2. The first-order valence-corrected chi connectivity index (χ1v) is 12.7. The molecule has 0 saturated heterocycles. The highest BCUT2D eigenvalue weighted by Crippen LogP contribution is 2.31. The second-order valence-electron chi connectivity index (χ2n) is 7.36. The number of hydrogen-bond acceptors (Lipinski definition) is 8. The van der Waals surface area contributed by atoms with E-state index in [0.717, 1.165) is 37.1 Å². The van der Waals surface area contributed by atoms with Crippen molar-refractivity contribution in [2.24, 2.45) is 0 Å². The van der Waals surface area contributed by atoms with Crippen molar-refractivity contribution in [1.29, 1.82) is 0 Å². The smallest absolute Gasteiger partial charge is 0.231 e. The number of aryl methyl sites for hydroxylation is 2. The van der Waals surface area contributed by atoms with Crippen LogP contribution in [0.15, 0.2) is 52.2 Å².